The maximum Gasteiger partial charge on any atom is 0.0366 e. The van der Waals surface area contributed by atoms with Gasteiger partial charge in [-0.25, -0.2) is 0 Å². The van der Waals surface area contributed by atoms with Crippen LogP contribution in [0.15, 0.2) is 24.3 Å². The fraction of sp³-hybridized carbons (Fsp3) is 0.667. The van der Waals surface area contributed by atoms with Gasteiger partial charge in [0.25, 0.3) is 0 Å². The Morgan fingerprint density at radius 1 is 1.00 bits per heavy atom. The van der Waals surface area contributed by atoms with E-state index < -0.39 is 0 Å². The first-order valence-corrected chi connectivity index (χ1v) is 8.59. The number of anilines is 1. The molecule has 0 saturated carbocycles. The van der Waals surface area contributed by atoms with Crippen LogP contribution in [-0.4, -0.2) is 44.2 Å². The minimum Gasteiger partial charge on any atom is -0.372 e. The number of hydrogen-bond acceptors (Lipinski definition) is 3. The third-order valence-corrected chi connectivity index (χ3v) is 4.56. The lowest BCUT2D eigenvalue weighted by Gasteiger charge is -2.35. The van der Waals surface area contributed by atoms with Gasteiger partial charge in [-0.15, -0.1) is 24.8 Å². The molecule has 1 aliphatic heterocycles. The van der Waals surface area contributed by atoms with Crippen molar-refractivity contribution in [1.29, 1.82) is 0 Å². The molecule has 1 N–H and O–H groups in total. The van der Waals surface area contributed by atoms with Gasteiger partial charge in [0, 0.05) is 51.0 Å². The van der Waals surface area contributed by atoms with E-state index in [9.17, 15) is 0 Å². The van der Waals surface area contributed by atoms with Crippen molar-refractivity contribution in [3.63, 3.8) is 0 Å². The fourth-order valence-electron chi connectivity index (χ4n) is 3.32. The Hall–Kier alpha value is -0.480. The molecule has 0 unspecified atom stereocenters. The van der Waals surface area contributed by atoms with E-state index in [0.717, 1.165) is 26.2 Å². The smallest absolute Gasteiger partial charge is 0.0366 e. The summed E-state index contributed by atoms with van der Waals surface area (Å²) < 4.78 is 0. The van der Waals surface area contributed by atoms with Gasteiger partial charge in [-0.2, -0.15) is 0 Å². The molecule has 23 heavy (non-hydrogen) atoms. The molecule has 5 heteroatoms. The molecule has 3 nitrogen and oxygen atoms in total. The van der Waals surface area contributed by atoms with Crippen molar-refractivity contribution < 1.29 is 0 Å². The number of hydrogen-bond donors (Lipinski definition) is 1. The van der Waals surface area contributed by atoms with Gasteiger partial charge in [-0.05, 0) is 38.0 Å². The van der Waals surface area contributed by atoms with Crippen LogP contribution in [0.25, 0.3) is 0 Å². The van der Waals surface area contributed by atoms with Gasteiger partial charge in [-0.1, -0.05) is 25.5 Å². The fourth-order valence-corrected chi connectivity index (χ4v) is 3.32. The van der Waals surface area contributed by atoms with Crippen molar-refractivity contribution in [2.24, 2.45) is 0 Å². The molecule has 1 heterocycles. The molecule has 0 aromatic heterocycles. The Kier molecular flexibility index (Phi) is 11.7. The maximum atomic E-state index is 3.45. The molecule has 1 aliphatic rings. The van der Waals surface area contributed by atoms with Gasteiger partial charge in [0.2, 0.25) is 0 Å². The van der Waals surface area contributed by atoms with Crippen LogP contribution in [0.4, 0.5) is 5.69 Å². The average molecular weight is 362 g/mol. The van der Waals surface area contributed by atoms with Crippen LogP contribution in [0.5, 0.6) is 0 Å². The number of piperazine rings is 1. The van der Waals surface area contributed by atoms with Gasteiger partial charge in [0.15, 0.2) is 0 Å². The molecule has 0 spiro atoms. The van der Waals surface area contributed by atoms with Crippen molar-refractivity contribution in [2.45, 2.75) is 39.7 Å². The monoisotopic (exact) mass is 361 g/mol. The lowest BCUT2D eigenvalue weighted by atomic mass is 9.99. The number of nitrogens with one attached hydrogen (secondary N) is 1. The maximum absolute atomic E-state index is 3.45. The number of rotatable bonds is 7. The molecule has 1 saturated heterocycles. The molecular formula is C18H33Cl2N3. The summed E-state index contributed by atoms with van der Waals surface area (Å²) in [5.74, 6) is 0. The van der Waals surface area contributed by atoms with E-state index in [-0.39, 0.29) is 24.8 Å². The predicted octanol–water partition coefficient (Wildman–Crippen LogP) is 4.12. The van der Waals surface area contributed by atoms with Crippen LogP contribution < -0.4 is 10.2 Å². The van der Waals surface area contributed by atoms with E-state index in [1.807, 2.05) is 0 Å². The van der Waals surface area contributed by atoms with Crippen LogP contribution in [-0.2, 0) is 0 Å². The number of nitrogens with zero attached hydrogens (tertiary/aromatic N) is 2. The first-order valence-electron chi connectivity index (χ1n) is 8.59. The van der Waals surface area contributed by atoms with Crippen molar-refractivity contribution in [2.75, 3.05) is 44.2 Å². The topological polar surface area (TPSA) is 18.5 Å². The van der Waals surface area contributed by atoms with Gasteiger partial charge < -0.3 is 10.2 Å². The Balaban J connectivity index is 0.00000242. The molecule has 2 rings (SSSR count). The SMILES string of the molecule is CCC[C@@H](c1ccc(N(CC)CC)cc1)N1CCNCC1.Cl.Cl. The number of benzene rings is 1. The summed E-state index contributed by atoms with van der Waals surface area (Å²) >= 11 is 0. The molecule has 0 radical (unpaired) electrons. The molecule has 0 bridgehead atoms. The predicted molar refractivity (Wildman–Crippen MR) is 107 cm³/mol. The van der Waals surface area contributed by atoms with Crippen LogP contribution in [0.2, 0.25) is 0 Å². The summed E-state index contributed by atoms with van der Waals surface area (Å²) in [6, 6.07) is 9.87. The zero-order valence-corrected chi connectivity index (χ0v) is 16.4. The zero-order chi connectivity index (χ0) is 15.1. The van der Waals surface area contributed by atoms with Crippen LogP contribution in [0.1, 0.15) is 45.2 Å². The summed E-state index contributed by atoms with van der Waals surface area (Å²) in [5, 5.41) is 3.45. The molecule has 1 aromatic carbocycles. The van der Waals surface area contributed by atoms with Gasteiger partial charge in [0.1, 0.15) is 0 Å². The van der Waals surface area contributed by atoms with Crippen LogP contribution in [0.3, 0.4) is 0 Å². The van der Waals surface area contributed by atoms with Gasteiger partial charge >= 0.3 is 0 Å². The Morgan fingerprint density at radius 3 is 2.04 bits per heavy atom. The van der Waals surface area contributed by atoms with Crippen molar-refractivity contribution in [1.82, 2.24) is 10.2 Å². The zero-order valence-electron chi connectivity index (χ0n) is 14.8. The Morgan fingerprint density at radius 2 is 1.57 bits per heavy atom. The van der Waals surface area contributed by atoms with Gasteiger partial charge in [0.05, 0.1) is 0 Å². The standard InChI is InChI=1S/C18H31N3.2ClH/c1-4-7-18(21-14-12-19-13-15-21)16-8-10-17(11-9-16)20(5-2)6-3;;/h8-11,18-19H,4-7,12-15H2,1-3H3;2*1H/t18-;;/m0../s1. The molecule has 1 aromatic rings. The molecule has 134 valence electrons. The van der Waals surface area contributed by atoms with E-state index in [1.54, 1.807) is 0 Å². The second-order valence-electron chi connectivity index (χ2n) is 5.85. The van der Waals surface area contributed by atoms with E-state index >= 15 is 0 Å². The summed E-state index contributed by atoms with van der Waals surface area (Å²) in [5.41, 5.74) is 2.83. The largest absolute Gasteiger partial charge is 0.372 e. The summed E-state index contributed by atoms with van der Waals surface area (Å²) in [6.45, 7) is 13.5. The van der Waals surface area contributed by atoms with Crippen LogP contribution >= 0.6 is 24.8 Å². The van der Waals surface area contributed by atoms with Crippen molar-refractivity contribution in [3.8, 4) is 0 Å². The van der Waals surface area contributed by atoms with Crippen LogP contribution in [0, 0.1) is 0 Å². The second-order valence-corrected chi connectivity index (χ2v) is 5.85. The molecular weight excluding hydrogens is 329 g/mol. The highest BCUT2D eigenvalue weighted by Gasteiger charge is 2.21. The minimum atomic E-state index is 0. The normalized spacial score (nSPS) is 16.1. The molecule has 0 amide bonds. The van der Waals surface area contributed by atoms with E-state index in [1.165, 1.54) is 37.2 Å². The van der Waals surface area contributed by atoms with E-state index in [0.29, 0.717) is 6.04 Å². The van der Waals surface area contributed by atoms with Crippen molar-refractivity contribution >= 4 is 30.5 Å². The van der Waals surface area contributed by atoms with Gasteiger partial charge in [-0.3, -0.25) is 4.90 Å². The second kappa shape index (κ2) is 12.0. The van der Waals surface area contributed by atoms with Crippen molar-refractivity contribution in [3.05, 3.63) is 29.8 Å². The highest BCUT2D eigenvalue weighted by molar-refractivity contribution is 5.85. The summed E-state index contributed by atoms with van der Waals surface area (Å²) in [7, 11) is 0. The number of halogens is 2. The first-order chi connectivity index (χ1) is 10.3. The third kappa shape index (κ3) is 6.15. The lowest BCUT2D eigenvalue weighted by molar-refractivity contribution is 0.164. The summed E-state index contributed by atoms with van der Waals surface area (Å²) in [4.78, 5) is 5.05. The first kappa shape index (κ1) is 22.5. The van der Waals surface area contributed by atoms with E-state index in [4.69, 9.17) is 0 Å². The highest BCUT2D eigenvalue weighted by Crippen LogP contribution is 2.27. The average Bonchev–Trinajstić information content (AvgIpc) is 2.55. The summed E-state index contributed by atoms with van der Waals surface area (Å²) in [6.07, 6.45) is 2.50. The lowest BCUT2D eigenvalue weighted by Crippen LogP contribution is -2.45. The third-order valence-electron chi connectivity index (χ3n) is 4.56. The van der Waals surface area contributed by atoms with E-state index in [2.05, 4.69) is 60.2 Å². The molecule has 1 atom stereocenters. The Bertz CT molecular complexity index is 401. The highest BCUT2D eigenvalue weighted by atomic mass is 35.5. The molecule has 1 fully saturated rings. The Labute approximate surface area is 154 Å². The minimum absolute atomic E-state index is 0. The molecule has 0 aliphatic carbocycles. The quantitative estimate of drug-likeness (QED) is 0.787.